The van der Waals surface area contributed by atoms with Gasteiger partial charge in [-0.05, 0) is 42.7 Å². The zero-order valence-electron chi connectivity index (χ0n) is 14.6. The molecule has 2 heterocycles. The van der Waals surface area contributed by atoms with Crippen LogP contribution in [-0.2, 0) is 17.7 Å². The highest BCUT2D eigenvalue weighted by Crippen LogP contribution is 2.12. The Morgan fingerprint density at radius 3 is 2.73 bits per heavy atom. The van der Waals surface area contributed by atoms with E-state index in [1.54, 1.807) is 6.26 Å². The van der Waals surface area contributed by atoms with Crippen LogP contribution in [0.15, 0.2) is 56.5 Å². The van der Waals surface area contributed by atoms with Crippen LogP contribution in [0.5, 0.6) is 0 Å². The van der Waals surface area contributed by atoms with Gasteiger partial charge < -0.3 is 19.8 Å². The lowest BCUT2D eigenvalue weighted by Gasteiger charge is -2.15. The second kappa shape index (κ2) is 11.6. The molecule has 0 bridgehead atoms. The van der Waals surface area contributed by atoms with Crippen LogP contribution in [-0.4, -0.2) is 31.8 Å². The minimum absolute atomic E-state index is 0. The first-order chi connectivity index (χ1) is 12.3. The van der Waals surface area contributed by atoms with Crippen molar-refractivity contribution in [1.82, 2.24) is 10.6 Å². The van der Waals surface area contributed by atoms with E-state index in [1.807, 2.05) is 24.3 Å². The molecule has 2 aromatic rings. The van der Waals surface area contributed by atoms with Gasteiger partial charge in [0.15, 0.2) is 5.96 Å². The number of guanidine groups is 1. The highest BCUT2D eigenvalue weighted by Gasteiger charge is 2.15. The third-order valence-electron chi connectivity index (χ3n) is 4.10. The molecule has 1 saturated heterocycles. The Hall–Kier alpha value is -1.06. The summed E-state index contributed by atoms with van der Waals surface area (Å²) in [5, 5.41) is 6.78. The third kappa shape index (κ3) is 7.28. The summed E-state index contributed by atoms with van der Waals surface area (Å²) in [5.74, 6) is 1.78. The number of benzene rings is 1. The molecule has 0 aliphatic carbocycles. The fourth-order valence-corrected chi connectivity index (χ4v) is 2.97. The van der Waals surface area contributed by atoms with Gasteiger partial charge in [0, 0.05) is 30.6 Å². The van der Waals surface area contributed by atoms with Crippen LogP contribution >= 0.6 is 39.9 Å². The van der Waals surface area contributed by atoms with Crippen molar-refractivity contribution in [2.24, 2.45) is 4.99 Å². The van der Waals surface area contributed by atoms with Crippen LogP contribution in [0.1, 0.15) is 24.2 Å². The summed E-state index contributed by atoms with van der Waals surface area (Å²) in [7, 11) is 0. The molecule has 1 atom stereocenters. The maximum atomic E-state index is 5.68. The first-order valence-corrected chi connectivity index (χ1v) is 9.49. The van der Waals surface area contributed by atoms with Crippen molar-refractivity contribution in [1.29, 1.82) is 0 Å². The summed E-state index contributed by atoms with van der Waals surface area (Å²) in [5.41, 5.74) is 1.17. The number of nitrogens with one attached hydrogen (secondary N) is 2. The predicted molar refractivity (Wildman–Crippen MR) is 118 cm³/mol. The van der Waals surface area contributed by atoms with E-state index in [0.717, 1.165) is 55.2 Å². The lowest BCUT2D eigenvalue weighted by molar-refractivity contribution is 0.114. The molecule has 142 valence electrons. The largest absolute Gasteiger partial charge is 0.469 e. The maximum absolute atomic E-state index is 5.68. The van der Waals surface area contributed by atoms with Gasteiger partial charge in [0.2, 0.25) is 0 Å². The van der Waals surface area contributed by atoms with Crippen molar-refractivity contribution < 1.29 is 9.15 Å². The van der Waals surface area contributed by atoms with Gasteiger partial charge in [-0.15, -0.1) is 24.0 Å². The number of ether oxygens (including phenoxy) is 1. The van der Waals surface area contributed by atoms with Crippen LogP contribution in [0, 0.1) is 0 Å². The Labute approximate surface area is 180 Å². The van der Waals surface area contributed by atoms with Crippen molar-refractivity contribution in [2.45, 2.75) is 31.9 Å². The summed E-state index contributed by atoms with van der Waals surface area (Å²) in [6, 6.07) is 12.1. The molecule has 0 radical (unpaired) electrons. The van der Waals surface area contributed by atoms with E-state index in [-0.39, 0.29) is 30.1 Å². The van der Waals surface area contributed by atoms with Gasteiger partial charge in [0.05, 0.1) is 18.9 Å². The monoisotopic (exact) mass is 533 g/mol. The quantitative estimate of drug-likeness (QED) is 0.319. The number of halogens is 2. The highest BCUT2D eigenvalue weighted by atomic mass is 127. The molecular weight excluding hydrogens is 509 g/mol. The van der Waals surface area contributed by atoms with E-state index in [0.29, 0.717) is 6.54 Å². The van der Waals surface area contributed by atoms with Gasteiger partial charge in [-0.25, -0.2) is 4.99 Å². The summed E-state index contributed by atoms with van der Waals surface area (Å²) in [4.78, 5) is 4.70. The van der Waals surface area contributed by atoms with Crippen molar-refractivity contribution >= 4 is 45.9 Å². The molecule has 1 unspecified atom stereocenters. The number of rotatable bonds is 7. The van der Waals surface area contributed by atoms with Crippen LogP contribution in [0.4, 0.5) is 0 Å². The van der Waals surface area contributed by atoms with Crippen molar-refractivity contribution in [2.75, 3.05) is 19.7 Å². The maximum Gasteiger partial charge on any atom is 0.191 e. The van der Waals surface area contributed by atoms with E-state index in [1.165, 1.54) is 5.56 Å². The SMILES string of the molecule is Brc1ccc(CN=C(NCCc2ccco2)NCC2CCCO2)cc1.I. The standard InChI is InChI=1S/C19H24BrN3O2.HI/c20-16-7-5-15(6-8-16)13-22-19(23-14-18-4-2-12-25-18)21-10-9-17-3-1-11-24-17;/h1,3,5-8,11,18H,2,4,9-10,12-14H2,(H2,21,22,23);1H. The Kier molecular flexibility index (Phi) is 9.49. The van der Waals surface area contributed by atoms with Crippen molar-refractivity contribution in [3.05, 3.63) is 58.5 Å². The fourth-order valence-electron chi connectivity index (χ4n) is 2.71. The van der Waals surface area contributed by atoms with Gasteiger partial charge in [-0.2, -0.15) is 0 Å². The van der Waals surface area contributed by atoms with E-state index < -0.39 is 0 Å². The molecule has 1 aromatic carbocycles. The Bertz CT molecular complexity index is 656. The smallest absolute Gasteiger partial charge is 0.191 e. The van der Waals surface area contributed by atoms with Gasteiger partial charge in [0.1, 0.15) is 5.76 Å². The molecule has 7 heteroatoms. The lowest BCUT2D eigenvalue weighted by Crippen LogP contribution is -2.41. The van der Waals surface area contributed by atoms with Gasteiger partial charge in [-0.3, -0.25) is 0 Å². The summed E-state index contributed by atoms with van der Waals surface area (Å²) < 4.78 is 12.1. The molecule has 0 saturated carbocycles. The zero-order chi connectivity index (χ0) is 17.3. The molecule has 0 amide bonds. The Morgan fingerprint density at radius 1 is 1.19 bits per heavy atom. The second-order valence-corrected chi connectivity index (χ2v) is 6.98. The molecule has 26 heavy (non-hydrogen) atoms. The van der Waals surface area contributed by atoms with E-state index >= 15 is 0 Å². The topological polar surface area (TPSA) is 58.8 Å². The van der Waals surface area contributed by atoms with Gasteiger partial charge >= 0.3 is 0 Å². The molecule has 2 N–H and O–H groups in total. The van der Waals surface area contributed by atoms with Gasteiger partial charge in [0.25, 0.3) is 0 Å². The summed E-state index contributed by atoms with van der Waals surface area (Å²) in [6.45, 7) is 3.05. The van der Waals surface area contributed by atoms with Crippen LogP contribution in [0.3, 0.4) is 0 Å². The molecular formula is C19H25BrIN3O2. The summed E-state index contributed by atoms with van der Waals surface area (Å²) >= 11 is 3.46. The number of hydrogen-bond donors (Lipinski definition) is 2. The van der Waals surface area contributed by atoms with Crippen molar-refractivity contribution in [3.63, 3.8) is 0 Å². The Balaban J connectivity index is 0.00000243. The Morgan fingerprint density at radius 2 is 2.04 bits per heavy atom. The van der Waals surface area contributed by atoms with E-state index in [9.17, 15) is 0 Å². The second-order valence-electron chi connectivity index (χ2n) is 6.06. The molecule has 1 aromatic heterocycles. The molecule has 1 fully saturated rings. The van der Waals surface area contributed by atoms with Gasteiger partial charge in [-0.1, -0.05) is 28.1 Å². The van der Waals surface area contributed by atoms with Crippen molar-refractivity contribution in [3.8, 4) is 0 Å². The van der Waals surface area contributed by atoms with E-state index in [2.05, 4.69) is 38.7 Å². The average Bonchev–Trinajstić information content (AvgIpc) is 3.32. The van der Waals surface area contributed by atoms with Crippen LogP contribution < -0.4 is 10.6 Å². The molecule has 1 aliphatic heterocycles. The number of hydrogen-bond acceptors (Lipinski definition) is 3. The number of aliphatic imine (C=N–C) groups is 1. The van der Waals surface area contributed by atoms with Crippen LogP contribution in [0.2, 0.25) is 0 Å². The first-order valence-electron chi connectivity index (χ1n) is 8.70. The molecule has 5 nitrogen and oxygen atoms in total. The third-order valence-corrected chi connectivity index (χ3v) is 4.63. The minimum atomic E-state index is 0. The first kappa shape index (κ1) is 21.2. The lowest BCUT2D eigenvalue weighted by atomic mass is 10.2. The minimum Gasteiger partial charge on any atom is -0.469 e. The average molecular weight is 534 g/mol. The zero-order valence-corrected chi connectivity index (χ0v) is 18.5. The molecule has 1 aliphatic rings. The number of furan rings is 1. The fraction of sp³-hybridized carbons (Fsp3) is 0.421. The van der Waals surface area contributed by atoms with Crippen LogP contribution in [0.25, 0.3) is 0 Å². The molecule has 3 rings (SSSR count). The number of nitrogens with zero attached hydrogens (tertiary/aromatic N) is 1. The summed E-state index contributed by atoms with van der Waals surface area (Å²) in [6.07, 6.45) is 5.06. The molecule has 0 spiro atoms. The highest BCUT2D eigenvalue weighted by molar-refractivity contribution is 14.0. The predicted octanol–water partition coefficient (Wildman–Crippen LogP) is 4.12. The van der Waals surface area contributed by atoms with E-state index in [4.69, 9.17) is 14.1 Å². The normalized spacial score (nSPS) is 17.0.